The zero-order valence-electron chi connectivity index (χ0n) is 14.2. The van der Waals surface area contributed by atoms with Gasteiger partial charge in [-0.2, -0.15) is 0 Å². The summed E-state index contributed by atoms with van der Waals surface area (Å²) >= 11 is 8.73. The molecule has 0 saturated carbocycles. The molecule has 0 spiro atoms. The molecule has 0 radical (unpaired) electrons. The Morgan fingerprint density at radius 1 is 1.26 bits per heavy atom. The van der Waals surface area contributed by atoms with Gasteiger partial charge in [-0.1, -0.05) is 34.1 Å². The average molecular weight is 440 g/mol. The molecule has 2 aromatic carbocycles. The third-order valence-electron chi connectivity index (χ3n) is 4.39. The summed E-state index contributed by atoms with van der Waals surface area (Å²) in [5.41, 5.74) is 3.74. The highest BCUT2D eigenvalue weighted by Crippen LogP contribution is 2.35. The van der Waals surface area contributed by atoms with Crippen LogP contribution in [-0.4, -0.2) is 20.9 Å². The summed E-state index contributed by atoms with van der Waals surface area (Å²) in [4.78, 5) is 19.5. The van der Waals surface area contributed by atoms with Crippen molar-refractivity contribution in [2.45, 2.75) is 6.92 Å². The van der Waals surface area contributed by atoms with E-state index in [2.05, 4.69) is 25.9 Å². The molecule has 27 heavy (non-hydrogen) atoms. The summed E-state index contributed by atoms with van der Waals surface area (Å²) in [6.45, 7) is 1.91. The zero-order valence-corrected chi connectivity index (χ0v) is 16.6. The fourth-order valence-corrected chi connectivity index (χ4v) is 3.68. The van der Waals surface area contributed by atoms with Crippen LogP contribution in [0.5, 0.6) is 5.88 Å². The van der Waals surface area contributed by atoms with Crippen LogP contribution in [0.4, 0.5) is 5.69 Å². The van der Waals surface area contributed by atoms with Gasteiger partial charge < -0.3 is 5.11 Å². The summed E-state index contributed by atoms with van der Waals surface area (Å²) in [6.07, 6.45) is 3.30. The zero-order chi connectivity index (χ0) is 19.1. The fraction of sp³-hybridized carbons (Fsp3) is 0.0500. The lowest BCUT2D eigenvalue weighted by molar-refractivity contribution is 0.431. The van der Waals surface area contributed by atoms with Crippen molar-refractivity contribution in [1.29, 1.82) is 0 Å². The predicted octanol–water partition coefficient (Wildman–Crippen LogP) is 4.93. The number of nitrogens with zero attached hydrogens (tertiary/aromatic N) is 2. The molecule has 0 amide bonds. The summed E-state index contributed by atoms with van der Waals surface area (Å²) in [5, 5.41) is 10.9. The van der Waals surface area contributed by atoms with Gasteiger partial charge in [-0.15, -0.1) is 0 Å². The molecule has 0 unspecified atom stereocenters. The number of H-pyrrole nitrogens is 1. The minimum atomic E-state index is -0.452. The van der Waals surface area contributed by atoms with E-state index in [0.717, 1.165) is 26.9 Å². The molecule has 0 bridgehead atoms. The van der Waals surface area contributed by atoms with E-state index in [-0.39, 0.29) is 16.2 Å². The molecule has 7 heteroatoms. The number of benzene rings is 2. The minimum absolute atomic E-state index is 0.126. The molecule has 0 atom stereocenters. The quantitative estimate of drug-likeness (QED) is 0.556. The maximum absolute atomic E-state index is 12.5. The summed E-state index contributed by atoms with van der Waals surface area (Å²) in [7, 11) is 0. The van der Waals surface area contributed by atoms with Crippen molar-refractivity contribution in [2.24, 2.45) is 4.99 Å². The molecule has 2 N–H and O–H groups in total. The second kappa shape index (κ2) is 6.75. The third kappa shape index (κ3) is 3.09. The lowest BCUT2D eigenvalue weighted by atomic mass is 10.1. The van der Waals surface area contributed by atoms with Gasteiger partial charge in [-0.3, -0.25) is 19.3 Å². The Morgan fingerprint density at radius 3 is 2.81 bits per heavy atom. The molecule has 3 aromatic rings. The lowest BCUT2D eigenvalue weighted by Gasteiger charge is -2.13. The molecular formula is C20H14BrN3O2S. The molecule has 1 aliphatic heterocycles. The van der Waals surface area contributed by atoms with Crippen molar-refractivity contribution in [2.75, 3.05) is 0 Å². The van der Waals surface area contributed by atoms with Crippen molar-refractivity contribution < 1.29 is 5.11 Å². The molecule has 1 aliphatic rings. The number of allylic oxidation sites excluding steroid dienone is 1. The summed E-state index contributed by atoms with van der Waals surface area (Å²) in [6, 6.07) is 13.2. The number of rotatable bonds is 2. The summed E-state index contributed by atoms with van der Waals surface area (Å²) < 4.78 is 2.51. The van der Waals surface area contributed by atoms with Gasteiger partial charge in [0.15, 0.2) is 4.77 Å². The van der Waals surface area contributed by atoms with Gasteiger partial charge in [0.2, 0.25) is 5.88 Å². The highest BCUT2D eigenvalue weighted by atomic mass is 79.9. The predicted molar refractivity (Wildman–Crippen MR) is 114 cm³/mol. The number of aromatic nitrogens is 2. The first-order chi connectivity index (χ1) is 13.0. The number of aliphatic imine (C=N–C) groups is 1. The van der Waals surface area contributed by atoms with Gasteiger partial charge >= 0.3 is 0 Å². The van der Waals surface area contributed by atoms with Crippen LogP contribution in [0.1, 0.15) is 16.7 Å². The normalized spacial score (nSPS) is 13.9. The second-order valence-corrected chi connectivity index (χ2v) is 7.44. The van der Waals surface area contributed by atoms with E-state index in [1.54, 1.807) is 12.3 Å². The Bertz CT molecular complexity index is 1250. The van der Waals surface area contributed by atoms with Crippen molar-refractivity contribution >= 4 is 51.7 Å². The highest BCUT2D eigenvalue weighted by Gasteiger charge is 2.17. The SMILES string of the molecule is Cc1ccccc1-n1c(O)c(C=C2C=Nc3ccc(Br)cc32)c(=O)[nH]c1=S. The van der Waals surface area contributed by atoms with E-state index in [1.807, 2.05) is 49.4 Å². The molecule has 134 valence electrons. The number of aryl methyl sites for hydroxylation is 1. The highest BCUT2D eigenvalue weighted by molar-refractivity contribution is 9.10. The minimum Gasteiger partial charge on any atom is -0.494 e. The molecule has 1 aromatic heterocycles. The van der Waals surface area contributed by atoms with Crippen molar-refractivity contribution in [3.63, 3.8) is 0 Å². The molecule has 0 aliphatic carbocycles. The van der Waals surface area contributed by atoms with Gasteiger partial charge in [-0.05, 0) is 55.0 Å². The first-order valence-electron chi connectivity index (χ1n) is 8.15. The number of aromatic amines is 1. The number of halogens is 1. The number of nitrogens with one attached hydrogen (secondary N) is 1. The molecule has 5 nitrogen and oxygen atoms in total. The van der Waals surface area contributed by atoms with E-state index in [9.17, 15) is 9.90 Å². The molecular weight excluding hydrogens is 426 g/mol. The topological polar surface area (TPSA) is 70.4 Å². The average Bonchev–Trinajstić information content (AvgIpc) is 3.02. The van der Waals surface area contributed by atoms with Gasteiger partial charge in [0.05, 0.1) is 11.4 Å². The van der Waals surface area contributed by atoms with Crippen LogP contribution in [0.3, 0.4) is 0 Å². The van der Waals surface area contributed by atoms with E-state index in [1.165, 1.54) is 4.57 Å². The first-order valence-corrected chi connectivity index (χ1v) is 9.36. The van der Waals surface area contributed by atoms with Crippen LogP contribution in [0, 0.1) is 11.7 Å². The molecule has 0 fully saturated rings. The first kappa shape index (κ1) is 17.6. The van der Waals surface area contributed by atoms with Gasteiger partial charge in [0.1, 0.15) is 5.56 Å². The summed E-state index contributed by atoms with van der Waals surface area (Å²) in [5.74, 6) is -0.206. The largest absolute Gasteiger partial charge is 0.494 e. The molecule has 2 heterocycles. The van der Waals surface area contributed by atoms with Gasteiger partial charge in [-0.25, -0.2) is 0 Å². The smallest absolute Gasteiger partial charge is 0.262 e. The van der Waals surface area contributed by atoms with Crippen molar-refractivity contribution in [3.05, 3.63) is 78.8 Å². The van der Waals surface area contributed by atoms with Crippen LogP contribution < -0.4 is 5.56 Å². The van der Waals surface area contributed by atoms with E-state index >= 15 is 0 Å². The number of fused-ring (bicyclic) bond motifs is 1. The number of aromatic hydroxyl groups is 1. The Hall–Kier alpha value is -2.77. The van der Waals surface area contributed by atoms with Crippen molar-refractivity contribution in [3.8, 4) is 11.6 Å². The van der Waals surface area contributed by atoms with Crippen LogP contribution in [0.2, 0.25) is 0 Å². The number of hydrogen-bond donors (Lipinski definition) is 2. The Labute approximate surface area is 168 Å². The number of hydrogen-bond acceptors (Lipinski definition) is 4. The third-order valence-corrected chi connectivity index (χ3v) is 5.17. The second-order valence-electron chi connectivity index (χ2n) is 6.14. The van der Waals surface area contributed by atoms with E-state index in [4.69, 9.17) is 12.2 Å². The van der Waals surface area contributed by atoms with Crippen LogP contribution >= 0.6 is 28.1 Å². The van der Waals surface area contributed by atoms with Crippen LogP contribution in [-0.2, 0) is 0 Å². The molecule has 4 rings (SSSR count). The van der Waals surface area contributed by atoms with Crippen LogP contribution in [0.25, 0.3) is 17.3 Å². The fourth-order valence-electron chi connectivity index (χ4n) is 3.04. The maximum Gasteiger partial charge on any atom is 0.262 e. The standard InChI is InChI=1S/C20H14BrN3O2S/c1-11-4-2-3-5-17(11)24-19(26)15(18(25)23-20(24)27)8-12-10-22-16-7-6-13(21)9-14(12)16/h2-10,26H,1H3,(H,23,25,27). The van der Waals surface area contributed by atoms with Crippen LogP contribution in [0.15, 0.2) is 56.7 Å². The monoisotopic (exact) mass is 439 g/mol. The lowest BCUT2D eigenvalue weighted by Crippen LogP contribution is -2.16. The van der Waals surface area contributed by atoms with E-state index < -0.39 is 5.56 Å². The molecule has 0 saturated heterocycles. The Kier molecular flexibility index (Phi) is 4.41. The van der Waals surface area contributed by atoms with Crippen molar-refractivity contribution in [1.82, 2.24) is 9.55 Å². The Morgan fingerprint density at radius 2 is 2.04 bits per heavy atom. The Balaban J connectivity index is 1.95. The van der Waals surface area contributed by atoms with Gasteiger partial charge in [0, 0.05) is 21.8 Å². The van der Waals surface area contributed by atoms with Gasteiger partial charge in [0.25, 0.3) is 5.56 Å². The van der Waals surface area contributed by atoms with E-state index in [0.29, 0.717) is 5.69 Å². The maximum atomic E-state index is 12.5. The number of para-hydroxylation sites is 1.